The third-order valence-corrected chi connectivity index (χ3v) is 5.62. The molecular formula is C18H25ClN6O3. The van der Waals surface area contributed by atoms with E-state index in [0.717, 1.165) is 31.6 Å². The van der Waals surface area contributed by atoms with Gasteiger partial charge in [0, 0.05) is 25.1 Å². The lowest BCUT2D eigenvalue weighted by atomic mass is 9.94. The fourth-order valence-electron chi connectivity index (χ4n) is 3.98. The lowest BCUT2D eigenvalue weighted by Crippen LogP contribution is -2.63. The zero-order valence-electron chi connectivity index (χ0n) is 15.9. The average Bonchev–Trinajstić information content (AvgIpc) is 3.07. The van der Waals surface area contributed by atoms with E-state index in [1.54, 1.807) is 29.3 Å². The largest absolute Gasteiger partial charge is 0.352 e. The molecule has 0 saturated carbocycles. The summed E-state index contributed by atoms with van der Waals surface area (Å²) in [5, 5.41) is 10.5. The Kier molecular flexibility index (Phi) is 5.49. The molecule has 0 bridgehead atoms. The van der Waals surface area contributed by atoms with Crippen molar-refractivity contribution in [1.82, 2.24) is 30.1 Å². The van der Waals surface area contributed by atoms with Crippen LogP contribution < -0.4 is 16.2 Å². The van der Waals surface area contributed by atoms with Crippen molar-refractivity contribution in [1.29, 1.82) is 0 Å². The molecule has 0 radical (unpaired) electrons. The predicted octanol–water partition coefficient (Wildman–Crippen LogP) is 0.262. The Hall–Kier alpha value is -2.39. The van der Waals surface area contributed by atoms with Crippen LogP contribution in [0.25, 0.3) is 5.65 Å². The van der Waals surface area contributed by atoms with Crippen molar-refractivity contribution < 1.29 is 9.59 Å². The Morgan fingerprint density at radius 2 is 1.93 bits per heavy atom. The summed E-state index contributed by atoms with van der Waals surface area (Å²) >= 11 is 0. The number of piperazine rings is 1. The molecule has 4 rings (SSSR count). The van der Waals surface area contributed by atoms with Crippen molar-refractivity contribution in [2.45, 2.75) is 38.1 Å². The number of halogens is 1. The highest BCUT2D eigenvalue weighted by molar-refractivity contribution is 6.03. The summed E-state index contributed by atoms with van der Waals surface area (Å²) in [4.78, 5) is 42.0. The van der Waals surface area contributed by atoms with Crippen LogP contribution in [0.2, 0.25) is 0 Å². The van der Waals surface area contributed by atoms with Crippen molar-refractivity contribution in [2.75, 3.05) is 26.2 Å². The fourth-order valence-corrected chi connectivity index (χ4v) is 3.98. The maximum absolute atomic E-state index is 13.2. The number of piperidine rings is 1. The molecule has 0 unspecified atom stereocenters. The Bertz CT molecular complexity index is 960. The number of fused-ring (bicyclic) bond motifs is 1. The molecule has 0 aromatic carbocycles. The smallest absolute Gasteiger partial charge is 0.260 e. The minimum absolute atomic E-state index is 0. The van der Waals surface area contributed by atoms with E-state index in [-0.39, 0.29) is 35.7 Å². The van der Waals surface area contributed by atoms with Gasteiger partial charge in [0.15, 0.2) is 0 Å². The number of hydrogen-bond acceptors (Lipinski definition) is 5. The maximum Gasteiger partial charge on any atom is 0.260 e. The van der Waals surface area contributed by atoms with Gasteiger partial charge >= 0.3 is 0 Å². The Balaban J connectivity index is 0.00000225. The molecule has 2 saturated heterocycles. The summed E-state index contributed by atoms with van der Waals surface area (Å²) in [6.45, 7) is 6.03. The molecule has 2 amide bonds. The molecule has 2 aliphatic heterocycles. The normalized spacial score (nSPS) is 19.9. The van der Waals surface area contributed by atoms with Gasteiger partial charge < -0.3 is 20.5 Å². The molecule has 152 valence electrons. The predicted molar refractivity (Wildman–Crippen MR) is 106 cm³/mol. The topological polar surface area (TPSA) is 112 Å². The van der Waals surface area contributed by atoms with Gasteiger partial charge in [0.2, 0.25) is 5.91 Å². The van der Waals surface area contributed by atoms with Crippen molar-refractivity contribution in [3.8, 4) is 0 Å². The number of aromatic nitrogens is 3. The van der Waals surface area contributed by atoms with E-state index in [2.05, 4.69) is 20.7 Å². The third kappa shape index (κ3) is 3.29. The lowest BCUT2D eigenvalue weighted by molar-refractivity contribution is -0.133. The van der Waals surface area contributed by atoms with E-state index in [1.807, 2.05) is 0 Å². The molecule has 28 heavy (non-hydrogen) atoms. The number of amides is 2. The van der Waals surface area contributed by atoms with Crippen LogP contribution in [0.4, 0.5) is 0 Å². The quantitative estimate of drug-likeness (QED) is 0.660. The molecule has 2 fully saturated rings. The second-order valence-electron chi connectivity index (χ2n) is 7.67. The first-order valence-electron chi connectivity index (χ1n) is 9.31. The molecule has 0 aliphatic carbocycles. The molecular weight excluding hydrogens is 384 g/mol. The number of H-pyrrole nitrogens is 1. The van der Waals surface area contributed by atoms with Crippen molar-refractivity contribution in [3.63, 3.8) is 0 Å². The number of hydrogen-bond donors (Lipinski definition) is 3. The summed E-state index contributed by atoms with van der Waals surface area (Å²) in [6, 6.07) is 1.57. The van der Waals surface area contributed by atoms with Crippen LogP contribution in [0.3, 0.4) is 0 Å². The molecule has 2 aromatic rings. The van der Waals surface area contributed by atoms with Crippen LogP contribution in [0.1, 0.15) is 48.7 Å². The summed E-state index contributed by atoms with van der Waals surface area (Å²) in [5.74, 6) is -0.276. The first kappa shape index (κ1) is 20.3. The number of aromatic amines is 1. The van der Waals surface area contributed by atoms with E-state index in [0.29, 0.717) is 24.3 Å². The second kappa shape index (κ2) is 7.56. The van der Waals surface area contributed by atoms with Crippen molar-refractivity contribution in [3.05, 3.63) is 33.9 Å². The van der Waals surface area contributed by atoms with Crippen molar-refractivity contribution in [2.24, 2.45) is 0 Å². The van der Waals surface area contributed by atoms with Crippen LogP contribution in [0, 0.1) is 0 Å². The number of carbonyl (C=O) groups excluding carboxylic acids is 2. The Labute approximate surface area is 168 Å². The number of carbonyl (C=O) groups is 2. The Morgan fingerprint density at radius 3 is 2.64 bits per heavy atom. The molecule has 0 atom stereocenters. The van der Waals surface area contributed by atoms with Gasteiger partial charge in [-0.05, 0) is 39.8 Å². The number of rotatable bonds is 2. The highest BCUT2D eigenvalue weighted by Gasteiger charge is 2.41. The number of nitrogens with one attached hydrogen (secondary N) is 3. The standard InChI is InChI=1S/C18H24N6O3.ClH/c1-18(2)17(27)20-7-8-23(18)16(26)12-10-21-24-13(9-14(25)22-15(12)24)11-3-5-19-6-4-11;/h9-11,19H,3-8H2,1-2H3,(H,20,27)(H,22,25);1H. The average molecular weight is 409 g/mol. The van der Waals surface area contributed by atoms with E-state index in [4.69, 9.17) is 0 Å². The van der Waals surface area contributed by atoms with E-state index >= 15 is 0 Å². The fraction of sp³-hybridized carbons (Fsp3) is 0.556. The molecule has 0 spiro atoms. The summed E-state index contributed by atoms with van der Waals surface area (Å²) in [6.07, 6.45) is 3.32. The van der Waals surface area contributed by atoms with E-state index < -0.39 is 5.54 Å². The SMILES string of the molecule is CC1(C)C(=O)NCCN1C(=O)c1cnn2c(C3CCNCC3)cc(=O)[nH]c12.Cl. The van der Waals surface area contributed by atoms with Gasteiger partial charge in [0.25, 0.3) is 11.5 Å². The van der Waals surface area contributed by atoms with Crippen LogP contribution in [-0.4, -0.2) is 63.0 Å². The van der Waals surface area contributed by atoms with E-state index in [9.17, 15) is 14.4 Å². The minimum Gasteiger partial charge on any atom is -0.352 e. The second-order valence-corrected chi connectivity index (χ2v) is 7.67. The minimum atomic E-state index is -0.962. The highest BCUT2D eigenvalue weighted by Crippen LogP contribution is 2.26. The molecule has 2 aliphatic rings. The highest BCUT2D eigenvalue weighted by atomic mass is 35.5. The zero-order valence-corrected chi connectivity index (χ0v) is 16.8. The third-order valence-electron chi connectivity index (χ3n) is 5.62. The van der Waals surface area contributed by atoms with Gasteiger partial charge in [-0.3, -0.25) is 14.4 Å². The summed E-state index contributed by atoms with van der Waals surface area (Å²) < 4.78 is 1.67. The van der Waals surface area contributed by atoms with Gasteiger partial charge in [0.05, 0.1) is 11.9 Å². The molecule has 4 heterocycles. The monoisotopic (exact) mass is 408 g/mol. The molecule has 9 nitrogen and oxygen atoms in total. The molecule has 3 N–H and O–H groups in total. The number of nitrogens with zero attached hydrogens (tertiary/aromatic N) is 3. The van der Waals surface area contributed by atoms with Crippen LogP contribution in [0.15, 0.2) is 17.1 Å². The van der Waals surface area contributed by atoms with Gasteiger partial charge in [-0.1, -0.05) is 0 Å². The summed E-state index contributed by atoms with van der Waals surface area (Å²) in [7, 11) is 0. The van der Waals surface area contributed by atoms with Crippen LogP contribution in [0.5, 0.6) is 0 Å². The molecule has 2 aromatic heterocycles. The van der Waals surface area contributed by atoms with Crippen LogP contribution >= 0.6 is 12.4 Å². The first-order valence-corrected chi connectivity index (χ1v) is 9.31. The van der Waals surface area contributed by atoms with Gasteiger partial charge in [0.1, 0.15) is 16.7 Å². The van der Waals surface area contributed by atoms with Crippen LogP contribution in [-0.2, 0) is 4.79 Å². The summed E-state index contributed by atoms with van der Waals surface area (Å²) in [5.41, 5.74) is 0.316. The van der Waals surface area contributed by atoms with Gasteiger partial charge in [-0.2, -0.15) is 5.10 Å². The first-order chi connectivity index (χ1) is 12.9. The van der Waals surface area contributed by atoms with Gasteiger partial charge in [-0.15, -0.1) is 12.4 Å². The Morgan fingerprint density at radius 1 is 1.21 bits per heavy atom. The maximum atomic E-state index is 13.2. The van der Waals surface area contributed by atoms with Crippen molar-refractivity contribution >= 4 is 29.9 Å². The lowest BCUT2D eigenvalue weighted by Gasteiger charge is -2.41. The molecule has 10 heteroatoms. The zero-order chi connectivity index (χ0) is 19.2. The van der Waals surface area contributed by atoms with Gasteiger partial charge in [-0.25, -0.2) is 4.52 Å². The van der Waals surface area contributed by atoms with E-state index in [1.165, 1.54) is 6.20 Å².